The number of hydrogen-bond donors (Lipinski definition) is 3. The van der Waals surface area contributed by atoms with Gasteiger partial charge in [-0.2, -0.15) is 18.3 Å². The lowest BCUT2D eigenvalue weighted by atomic mass is 9.81. The third-order valence-electron chi connectivity index (χ3n) is 8.25. The van der Waals surface area contributed by atoms with Crippen molar-refractivity contribution in [2.45, 2.75) is 43.0 Å². The molecule has 1 aliphatic carbocycles. The van der Waals surface area contributed by atoms with E-state index in [0.717, 1.165) is 18.9 Å². The van der Waals surface area contributed by atoms with Gasteiger partial charge < -0.3 is 25.6 Å². The van der Waals surface area contributed by atoms with Crippen molar-refractivity contribution in [3.8, 4) is 22.8 Å². The molecule has 4 N–H and O–H groups in total. The minimum Gasteiger partial charge on any atom is -0.494 e. The predicted molar refractivity (Wildman–Crippen MR) is 153 cm³/mol. The SMILES string of the molecule is COc1cc(C(=O)NCC(O)(c2cc3c(c(-c4c(F)cc(F)cc4Cl)n2)OC[C@]3(C)C(N)=O)C(F)(F)F)cc2cn(C3CC3)nc12. The van der Waals surface area contributed by atoms with E-state index in [0.29, 0.717) is 23.0 Å². The van der Waals surface area contributed by atoms with Crippen LogP contribution < -0.4 is 20.5 Å². The number of fused-ring (bicyclic) bond motifs is 2. The fraction of sp³-hybridized carbons (Fsp3) is 0.333. The van der Waals surface area contributed by atoms with Crippen molar-refractivity contribution < 1.29 is 46.1 Å². The maximum atomic E-state index is 15.1. The van der Waals surface area contributed by atoms with Crippen LogP contribution >= 0.6 is 11.6 Å². The van der Waals surface area contributed by atoms with E-state index in [9.17, 15) is 32.3 Å². The molecule has 16 heteroatoms. The van der Waals surface area contributed by atoms with E-state index >= 15 is 4.39 Å². The number of carbonyl (C=O) groups is 2. The van der Waals surface area contributed by atoms with E-state index in [1.807, 2.05) is 0 Å². The van der Waals surface area contributed by atoms with Gasteiger partial charge in [0.05, 0.1) is 36.0 Å². The number of methoxy groups -OCH3 is 1. The number of rotatable bonds is 8. The topological polar surface area (TPSA) is 142 Å². The Hall–Kier alpha value is -4.50. The zero-order valence-corrected chi connectivity index (χ0v) is 24.9. The van der Waals surface area contributed by atoms with Crippen molar-refractivity contribution in [1.82, 2.24) is 20.1 Å². The van der Waals surface area contributed by atoms with Crippen LogP contribution in [0.2, 0.25) is 5.02 Å². The second-order valence-electron chi connectivity index (χ2n) is 11.5. The van der Waals surface area contributed by atoms with Crippen LogP contribution in [0.15, 0.2) is 36.5 Å². The number of ether oxygens (including phenoxy) is 2. The molecule has 1 aliphatic heterocycles. The number of primary amides is 1. The number of hydrogen-bond acceptors (Lipinski definition) is 7. The summed E-state index contributed by atoms with van der Waals surface area (Å²) in [5.74, 6) is -4.50. The fourth-order valence-corrected chi connectivity index (χ4v) is 5.60. The number of nitrogens with two attached hydrogens (primary N) is 1. The molecule has 2 aromatic carbocycles. The number of nitrogens with one attached hydrogen (secondary N) is 1. The first-order valence-corrected chi connectivity index (χ1v) is 14.2. The van der Waals surface area contributed by atoms with Gasteiger partial charge in [-0.15, -0.1) is 0 Å². The summed E-state index contributed by atoms with van der Waals surface area (Å²) in [5, 5.41) is 17.8. The van der Waals surface area contributed by atoms with Crippen molar-refractivity contribution in [1.29, 1.82) is 0 Å². The molecule has 242 valence electrons. The van der Waals surface area contributed by atoms with E-state index < -0.39 is 75.8 Å². The molecule has 1 fully saturated rings. The van der Waals surface area contributed by atoms with Gasteiger partial charge in [0, 0.05) is 28.8 Å². The second-order valence-corrected chi connectivity index (χ2v) is 11.9. The highest BCUT2D eigenvalue weighted by atomic mass is 35.5. The highest BCUT2D eigenvalue weighted by Gasteiger charge is 2.58. The molecule has 10 nitrogen and oxygen atoms in total. The van der Waals surface area contributed by atoms with Crippen LogP contribution in [0.4, 0.5) is 22.0 Å². The Morgan fingerprint density at radius 1 is 1.22 bits per heavy atom. The highest BCUT2D eigenvalue weighted by Crippen LogP contribution is 2.49. The number of nitrogens with zero attached hydrogens (tertiary/aromatic N) is 3. The molecular formula is C30H25ClF5N5O5. The van der Waals surface area contributed by atoms with Gasteiger partial charge in [0.15, 0.2) is 0 Å². The quantitative estimate of drug-likeness (QED) is 0.232. The number of benzene rings is 2. The summed E-state index contributed by atoms with van der Waals surface area (Å²) >= 11 is 6.09. The zero-order valence-electron chi connectivity index (χ0n) is 24.1. The van der Waals surface area contributed by atoms with Crippen LogP contribution in [0.25, 0.3) is 22.2 Å². The lowest BCUT2D eigenvalue weighted by Gasteiger charge is -2.31. The van der Waals surface area contributed by atoms with Gasteiger partial charge in [-0.3, -0.25) is 14.3 Å². The summed E-state index contributed by atoms with van der Waals surface area (Å²) in [5.41, 5.74) is -2.38. The first kappa shape index (κ1) is 31.5. The molecule has 1 saturated carbocycles. The van der Waals surface area contributed by atoms with Gasteiger partial charge >= 0.3 is 6.18 Å². The molecule has 0 radical (unpaired) electrons. The van der Waals surface area contributed by atoms with Crippen LogP contribution in [0, 0.1) is 11.6 Å². The molecule has 0 spiro atoms. The molecule has 3 heterocycles. The molecule has 2 aromatic heterocycles. The standard InChI is InChI=1S/C30H25ClF5N5O5/c1-28(27(37)43)12-46-25-17(28)9-21(39-24(25)22-18(31)7-15(32)8-19(22)33)29(44,30(34,35)36)11-38-26(42)13-5-14-10-41(16-3-4-16)40-23(14)20(6-13)45-2/h5-10,16,44H,3-4,11-12H2,1-2H3,(H2,37,43)(H,38,42)/t28-,29?/m0/s1. The molecule has 46 heavy (non-hydrogen) atoms. The van der Waals surface area contributed by atoms with E-state index in [2.05, 4.69) is 15.4 Å². The average molecular weight is 666 g/mol. The average Bonchev–Trinajstić information content (AvgIpc) is 3.65. The molecule has 6 rings (SSSR count). The molecule has 0 bridgehead atoms. The lowest BCUT2D eigenvalue weighted by molar-refractivity contribution is -0.265. The minimum atomic E-state index is -5.49. The van der Waals surface area contributed by atoms with Gasteiger partial charge in [-0.25, -0.2) is 13.8 Å². The summed E-state index contributed by atoms with van der Waals surface area (Å²) in [4.78, 5) is 29.6. The zero-order chi connectivity index (χ0) is 33.3. The Kier molecular flexibility index (Phi) is 7.39. The molecule has 0 saturated heterocycles. The second kappa shape index (κ2) is 10.8. The highest BCUT2D eigenvalue weighted by molar-refractivity contribution is 6.33. The molecule has 2 atom stereocenters. The predicted octanol–water partition coefficient (Wildman–Crippen LogP) is 4.69. The molecular weight excluding hydrogens is 641 g/mol. The van der Waals surface area contributed by atoms with E-state index in [4.69, 9.17) is 26.8 Å². The van der Waals surface area contributed by atoms with Gasteiger partial charge in [0.25, 0.3) is 5.91 Å². The van der Waals surface area contributed by atoms with Crippen molar-refractivity contribution >= 4 is 34.3 Å². The Morgan fingerprint density at radius 3 is 2.54 bits per heavy atom. The van der Waals surface area contributed by atoms with Gasteiger partial charge in [0.1, 0.15) is 46.4 Å². The van der Waals surface area contributed by atoms with Crippen LogP contribution in [-0.2, 0) is 15.8 Å². The van der Waals surface area contributed by atoms with Crippen molar-refractivity contribution in [3.63, 3.8) is 0 Å². The summed E-state index contributed by atoms with van der Waals surface area (Å²) < 4.78 is 85.8. The molecule has 2 aliphatic rings. The fourth-order valence-electron chi connectivity index (χ4n) is 5.32. The Morgan fingerprint density at radius 2 is 1.93 bits per heavy atom. The number of alkyl halides is 3. The number of carbonyl (C=O) groups excluding carboxylic acids is 2. The summed E-state index contributed by atoms with van der Waals surface area (Å²) in [6.45, 7) is -0.643. The van der Waals surface area contributed by atoms with Gasteiger partial charge in [0.2, 0.25) is 11.5 Å². The number of aromatic nitrogens is 3. The number of halogens is 6. The maximum Gasteiger partial charge on any atom is 0.424 e. The normalized spacial score (nSPS) is 19.0. The van der Waals surface area contributed by atoms with Crippen molar-refractivity contribution in [2.75, 3.05) is 20.3 Å². The van der Waals surface area contributed by atoms with Gasteiger partial charge in [-0.05, 0) is 44.0 Å². The summed E-state index contributed by atoms with van der Waals surface area (Å²) in [6, 6.07) is 4.83. The third-order valence-corrected chi connectivity index (χ3v) is 8.55. The molecule has 1 unspecified atom stereocenters. The number of pyridine rings is 1. The van der Waals surface area contributed by atoms with E-state index in [1.54, 1.807) is 10.9 Å². The van der Waals surface area contributed by atoms with Crippen LogP contribution in [0.5, 0.6) is 11.5 Å². The monoisotopic (exact) mass is 665 g/mol. The van der Waals surface area contributed by atoms with Gasteiger partial charge in [-0.1, -0.05) is 11.6 Å². The molecule has 2 amide bonds. The minimum absolute atomic E-state index is 0.0818. The third kappa shape index (κ3) is 5.07. The smallest absolute Gasteiger partial charge is 0.424 e. The number of aliphatic hydroxyl groups is 1. The number of amides is 2. The summed E-state index contributed by atoms with van der Waals surface area (Å²) in [7, 11) is 1.35. The Balaban J connectivity index is 1.43. The van der Waals surface area contributed by atoms with E-state index in [1.165, 1.54) is 26.2 Å². The van der Waals surface area contributed by atoms with Crippen molar-refractivity contribution in [3.05, 3.63) is 70.0 Å². The lowest BCUT2D eigenvalue weighted by Crippen LogP contribution is -2.51. The van der Waals surface area contributed by atoms with Crippen LogP contribution in [-0.4, -0.2) is 58.1 Å². The largest absolute Gasteiger partial charge is 0.494 e. The van der Waals surface area contributed by atoms with Crippen molar-refractivity contribution in [2.24, 2.45) is 5.73 Å². The molecule has 4 aromatic rings. The Bertz CT molecular complexity index is 1910. The first-order chi connectivity index (χ1) is 21.6. The van der Waals surface area contributed by atoms with E-state index in [-0.39, 0.29) is 28.7 Å². The Labute approximate surface area is 262 Å². The van der Waals surface area contributed by atoms with Crippen LogP contribution in [0.1, 0.15) is 47.4 Å². The maximum absolute atomic E-state index is 15.1. The first-order valence-electron chi connectivity index (χ1n) is 13.8. The van der Waals surface area contributed by atoms with Crippen LogP contribution in [0.3, 0.4) is 0 Å². The summed E-state index contributed by atoms with van der Waals surface area (Å²) in [6.07, 6.45) is -1.92.